The van der Waals surface area contributed by atoms with Crippen molar-refractivity contribution in [3.63, 3.8) is 0 Å². The lowest BCUT2D eigenvalue weighted by atomic mass is 9.78. The molecule has 0 heterocycles. The van der Waals surface area contributed by atoms with Crippen LogP contribution < -0.4 is 10.5 Å². The first-order valence-electron chi connectivity index (χ1n) is 6.10. The minimum absolute atomic E-state index is 0.0226. The number of rotatable bonds is 5. The largest absolute Gasteiger partial charge is 0.392 e. The Kier molecular flexibility index (Phi) is 5.34. The van der Waals surface area contributed by atoms with Gasteiger partial charge in [-0.3, -0.25) is 0 Å². The van der Waals surface area contributed by atoms with Gasteiger partial charge in [0.1, 0.15) is 5.75 Å². The number of thiocarbonyl (C=S) groups is 1. The Hall–Kier alpha value is -0.200. The van der Waals surface area contributed by atoms with Crippen LogP contribution >= 0.6 is 12.2 Å². The predicted molar refractivity (Wildman–Crippen MR) is 74.3 cm³/mol. The van der Waals surface area contributed by atoms with Crippen molar-refractivity contribution in [1.82, 2.24) is 4.72 Å². The molecule has 100 valence electrons. The highest BCUT2D eigenvalue weighted by Gasteiger charge is 2.30. The molecule has 1 fully saturated rings. The molecule has 6 heteroatoms. The molecule has 4 nitrogen and oxygen atoms in total. The van der Waals surface area contributed by atoms with Crippen LogP contribution in [0.3, 0.4) is 0 Å². The van der Waals surface area contributed by atoms with Crippen LogP contribution in [0.15, 0.2) is 0 Å². The molecular formula is C11H22N2O2S2. The number of nitrogens with two attached hydrogens (primary N) is 1. The van der Waals surface area contributed by atoms with E-state index in [0.717, 1.165) is 19.3 Å². The van der Waals surface area contributed by atoms with E-state index in [2.05, 4.69) is 30.8 Å². The van der Waals surface area contributed by atoms with Crippen LogP contribution in [0.25, 0.3) is 0 Å². The van der Waals surface area contributed by atoms with Crippen molar-refractivity contribution in [2.75, 3.05) is 5.75 Å². The van der Waals surface area contributed by atoms with Crippen molar-refractivity contribution in [2.45, 2.75) is 45.6 Å². The average Bonchev–Trinajstić information content (AvgIpc) is 2.14. The number of hydrogen-bond donors (Lipinski definition) is 2. The molecule has 0 aromatic carbocycles. The fourth-order valence-electron chi connectivity index (χ4n) is 2.56. The molecule has 0 aliphatic heterocycles. The van der Waals surface area contributed by atoms with Crippen molar-refractivity contribution in [1.29, 1.82) is 0 Å². The number of hydrogen-bond acceptors (Lipinski definition) is 3. The van der Waals surface area contributed by atoms with Crippen molar-refractivity contribution >= 4 is 27.2 Å². The van der Waals surface area contributed by atoms with E-state index in [9.17, 15) is 8.42 Å². The van der Waals surface area contributed by atoms with Crippen molar-refractivity contribution < 1.29 is 8.42 Å². The fraction of sp³-hybridized carbons (Fsp3) is 0.909. The summed E-state index contributed by atoms with van der Waals surface area (Å²) in [6.45, 7) is 4.29. The fourth-order valence-corrected chi connectivity index (χ4v) is 4.24. The molecule has 0 radical (unpaired) electrons. The molecule has 0 bridgehead atoms. The van der Waals surface area contributed by atoms with Crippen LogP contribution in [0.5, 0.6) is 0 Å². The molecule has 2 unspecified atom stereocenters. The maximum Gasteiger partial charge on any atom is 0.218 e. The summed E-state index contributed by atoms with van der Waals surface area (Å²) < 4.78 is 26.4. The molecule has 0 saturated heterocycles. The third-order valence-electron chi connectivity index (χ3n) is 3.34. The second-order valence-corrected chi connectivity index (χ2v) is 7.42. The Morgan fingerprint density at radius 2 is 2.00 bits per heavy atom. The summed E-state index contributed by atoms with van der Waals surface area (Å²) in [7, 11) is -3.36. The second kappa shape index (κ2) is 6.11. The number of nitrogens with one attached hydrogen (secondary N) is 1. The van der Waals surface area contributed by atoms with Gasteiger partial charge in [-0.25, -0.2) is 13.1 Å². The van der Waals surface area contributed by atoms with Crippen molar-refractivity contribution in [3.05, 3.63) is 0 Å². The second-order valence-electron chi connectivity index (χ2n) is 5.14. The minimum Gasteiger partial charge on any atom is -0.392 e. The zero-order valence-electron chi connectivity index (χ0n) is 10.5. The summed E-state index contributed by atoms with van der Waals surface area (Å²) in [4.78, 5) is 0.0226. The summed E-state index contributed by atoms with van der Waals surface area (Å²) in [5.74, 6) is 0.668. The lowest BCUT2D eigenvalue weighted by Gasteiger charge is -2.34. The zero-order chi connectivity index (χ0) is 13.1. The highest BCUT2D eigenvalue weighted by Crippen LogP contribution is 2.30. The highest BCUT2D eigenvalue weighted by molar-refractivity contribution is 7.92. The predicted octanol–water partition coefficient (Wildman–Crippen LogP) is 1.41. The van der Waals surface area contributed by atoms with E-state index in [0.29, 0.717) is 11.8 Å². The van der Waals surface area contributed by atoms with Crippen LogP contribution in [-0.2, 0) is 10.0 Å². The molecule has 0 aromatic heterocycles. The Bertz CT molecular complexity index is 366. The summed E-state index contributed by atoms with van der Waals surface area (Å²) in [5.41, 5.74) is 5.29. The first-order valence-corrected chi connectivity index (χ1v) is 8.16. The maximum atomic E-state index is 11.8. The van der Waals surface area contributed by atoms with Gasteiger partial charge in [0.15, 0.2) is 0 Å². The van der Waals surface area contributed by atoms with Crippen molar-refractivity contribution in [2.24, 2.45) is 17.6 Å². The van der Waals surface area contributed by atoms with Gasteiger partial charge in [0, 0.05) is 6.04 Å². The molecular weight excluding hydrogens is 256 g/mol. The SMILES string of the molecule is CC(C)C1CCCCC1NS(=O)(=O)CC(N)=S. The highest BCUT2D eigenvalue weighted by atomic mass is 32.2. The van der Waals surface area contributed by atoms with Gasteiger partial charge in [0.25, 0.3) is 0 Å². The van der Waals surface area contributed by atoms with E-state index in [1.54, 1.807) is 0 Å². The molecule has 3 N–H and O–H groups in total. The molecule has 1 aliphatic rings. The van der Waals surface area contributed by atoms with Gasteiger partial charge in [0.2, 0.25) is 10.0 Å². The van der Waals surface area contributed by atoms with Gasteiger partial charge >= 0.3 is 0 Å². The van der Waals surface area contributed by atoms with Gasteiger partial charge in [-0.2, -0.15) is 0 Å². The Labute approximate surface area is 109 Å². The molecule has 1 saturated carbocycles. The van der Waals surface area contributed by atoms with E-state index in [-0.39, 0.29) is 16.8 Å². The summed E-state index contributed by atoms with van der Waals surface area (Å²) in [5, 5.41) is 0. The smallest absolute Gasteiger partial charge is 0.218 e. The number of sulfonamides is 1. The molecule has 1 aliphatic carbocycles. The summed E-state index contributed by atoms with van der Waals surface area (Å²) in [6.07, 6.45) is 4.29. The van der Waals surface area contributed by atoms with Crippen LogP contribution in [0, 0.1) is 11.8 Å². The van der Waals surface area contributed by atoms with E-state index in [4.69, 9.17) is 5.73 Å². The van der Waals surface area contributed by atoms with Crippen LogP contribution in [0.4, 0.5) is 0 Å². The molecule has 1 rings (SSSR count). The quantitative estimate of drug-likeness (QED) is 0.746. The van der Waals surface area contributed by atoms with Gasteiger partial charge in [0.05, 0.1) is 4.99 Å². The van der Waals surface area contributed by atoms with Crippen LogP contribution in [0.1, 0.15) is 39.5 Å². The van der Waals surface area contributed by atoms with E-state index in [1.165, 1.54) is 6.42 Å². The summed E-state index contributed by atoms with van der Waals surface area (Å²) >= 11 is 4.65. The monoisotopic (exact) mass is 278 g/mol. The van der Waals surface area contributed by atoms with E-state index < -0.39 is 10.0 Å². The zero-order valence-corrected chi connectivity index (χ0v) is 12.1. The minimum atomic E-state index is -3.36. The standard InChI is InChI=1S/C11H22N2O2S2/c1-8(2)9-5-3-4-6-10(9)13-17(14,15)7-11(12)16/h8-10,13H,3-7H2,1-2H3,(H2,12,16). The normalized spacial score (nSPS) is 26.1. The topological polar surface area (TPSA) is 72.2 Å². The molecule has 2 atom stereocenters. The van der Waals surface area contributed by atoms with Gasteiger partial charge < -0.3 is 5.73 Å². The first-order chi connectivity index (χ1) is 7.82. The Balaban J connectivity index is 2.67. The van der Waals surface area contributed by atoms with Crippen LogP contribution in [0.2, 0.25) is 0 Å². The molecule has 0 amide bonds. The maximum absolute atomic E-state index is 11.8. The summed E-state index contributed by atoms with van der Waals surface area (Å²) in [6, 6.07) is 0.0445. The Morgan fingerprint density at radius 3 is 2.53 bits per heavy atom. The van der Waals surface area contributed by atoms with Gasteiger partial charge in [-0.05, 0) is 24.7 Å². The van der Waals surface area contributed by atoms with Gasteiger partial charge in [-0.15, -0.1) is 0 Å². The lowest BCUT2D eigenvalue weighted by Crippen LogP contribution is -2.46. The molecule has 17 heavy (non-hydrogen) atoms. The third kappa shape index (κ3) is 4.89. The first kappa shape index (κ1) is 14.9. The molecule has 0 spiro atoms. The van der Waals surface area contributed by atoms with E-state index in [1.807, 2.05) is 0 Å². The van der Waals surface area contributed by atoms with E-state index >= 15 is 0 Å². The van der Waals surface area contributed by atoms with Gasteiger partial charge in [-0.1, -0.05) is 38.9 Å². The molecule has 0 aromatic rings. The van der Waals surface area contributed by atoms with Crippen molar-refractivity contribution in [3.8, 4) is 0 Å². The third-order valence-corrected chi connectivity index (χ3v) is 5.02. The Morgan fingerprint density at radius 1 is 1.41 bits per heavy atom. The average molecular weight is 278 g/mol. The lowest BCUT2D eigenvalue weighted by molar-refractivity contribution is 0.226. The van der Waals surface area contributed by atoms with Crippen LogP contribution in [-0.4, -0.2) is 25.2 Å².